The van der Waals surface area contributed by atoms with Crippen LogP contribution >= 0.6 is 11.6 Å². The molecule has 0 saturated heterocycles. The lowest BCUT2D eigenvalue weighted by Crippen LogP contribution is -2.11. The maximum atomic E-state index is 11.1. The Morgan fingerprint density at radius 1 is 1.29 bits per heavy atom. The minimum atomic E-state index is -0.691. The summed E-state index contributed by atoms with van der Waals surface area (Å²) in [5.41, 5.74) is 7.50. The molecule has 0 radical (unpaired) electrons. The fraction of sp³-hybridized carbons (Fsp3) is 0.133. The van der Waals surface area contributed by atoms with Crippen molar-refractivity contribution in [1.82, 2.24) is 0 Å². The molecule has 2 aromatic carbocycles. The molecule has 0 bridgehead atoms. The van der Waals surface area contributed by atoms with E-state index < -0.39 is 10.8 Å². The van der Waals surface area contributed by atoms with Gasteiger partial charge in [-0.2, -0.15) is 0 Å². The van der Waals surface area contributed by atoms with Crippen molar-refractivity contribution in [2.24, 2.45) is 5.73 Å². The van der Waals surface area contributed by atoms with Crippen LogP contribution in [0.4, 0.5) is 5.69 Å². The molecule has 0 atom stereocenters. The first-order valence-corrected chi connectivity index (χ1v) is 6.58. The van der Waals surface area contributed by atoms with Gasteiger partial charge in [0.2, 0.25) is 5.91 Å². The topological polar surface area (TPSA) is 86.2 Å². The van der Waals surface area contributed by atoms with Crippen LogP contribution in [-0.4, -0.2) is 10.8 Å². The molecule has 0 heterocycles. The van der Waals surface area contributed by atoms with Crippen LogP contribution in [0.25, 0.3) is 0 Å². The monoisotopic (exact) mass is 304 g/mol. The minimum absolute atomic E-state index is 0.118. The first-order valence-electron chi connectivity index (χ1n) is 6.20. The molecule has 0 aromatic heterocycles. The number of aryl methyl sites for hydroxylation is 1. The Hall–Kier alpha value is -2.40. The van der Waals surface area contributed by atoms with Gasteiger partial charge in [-0.3, -0.25) is 14.9 Å². The molecule has 0 aliphatic carbocycles. The van der Waals surface area contributed by atoms with Crippen LogP contribution < -0.4 is 5.73 Å². The first-order chi connectivity index (χ1) is 9.86. The number of carbonyl (C=O) groups is 1. The Morgan fingerprint density at radius 3 is 2.57 bits per heavy atom. The van der Waals surface area contributed by atoms with E-state index in [-0.39, 0.29) is 11.3 Å². The maximum absolute atomic E-state index is 11.1. The molecule has 0 spiro atoms. The standard InChI is InChI=1S/C15H13ClN2O3/c1-9-4-10(7-13(16)5-9)6-11-2-3-12(15(17)19)8-14(11)18(20)21/h2-5,7-8H,6H2,1H3,(H2,17,19). The molecule has 2 rings (SSSR count). The summed E-state index contributed by atoms with van der Waals surface area (Å²) in [7, 11) is 0. The van der Waals surface area contributed by atoms with Crippen LogP contribution in [0.3, 0.4) is 0 Å². The zero-order valence-electron chi connectivity index (χ0n) is 11.3. The van der Waals surface area contributed by atoms with Crippen molar-refractivity contribution in [3.63, 3.8) is 0 Å². The lowest BCUT2D eigenvalue weighted by Gasteiger charge is -2.06. The van der Waals surface area contributed by atoms with E-state index >= 15 is 0 Å². The Labute approximate surface area is 126 Å². The fourth-order valence-electron chi connectivity index (χ4n) is 2.17. The molecule has 0 fully saturated rings. The number of nitrogens with zero attached hydrogens (tertiary/aromatic N) is 1. The lowest BCUT2D eigenvalue weighted by atomic mass is 10.00. The van der Waals surface area contributed by atoms with E-state index in [9.17, 15) is 14.9 Å². The van der Waals surface area contributed by atoms with E-state index in [2.05, 4.69) is 0 Å². The smallest absolute Gasteiger partial charge is 0.273 e. The summed E-state index contributed by atoms with van der Waals surface area (Å²) in [5, 5.41) is 11.7. The number of amides is 1. The van der Waals surface area contributed by atoms with Crippen molar-refractivity contribution >= 4 is 23.2 Å². The van der Waals surface area contributed by atoms with Gasteiger partial charge in [-0.25, -0.2) is 0 Å². The highest BCUT2D eigenvalue weighted by Crippen LogP contribution is 2.25. The maximum Gasteiger partial charge on any atom is 0.273 e. The van der Waals surface area contributed by atoms with Gasteiger partial charge in [0.25, 0.3) is 5.69 Å². The molecule has 0 aliphatic rings. The van der Waals surface area contributed by atoms with E-state index in [0.29, 0.717) is 17.0 Å². The van der Waals surface area contributed by atoms with Crippen LogP contribution in [0.5, 0.6) is 0 Å². The third-order valence-corrected chi connectivity index (χ3v) is 3.28. The van der Waals surface area contributed by atoms with Crippen molar-refractivity contribution in [3.05, 3.63) is 73.8 Å². The van der Waals surface area contributed by atoms with E-state index in [4.69, 9.17) is 17.3 Å². The highest BCUT2D eigenvalue weighted by molar-refractivity contribution is 6.30. The lowest BCUT2D eigenvalue weighted by molar-refractivity contribution is -0.385. The number of rotatable bonds is 4. The molecular formula is C15H13ClN2O3. The number of nitro benzene ring substituents is 1. The SMILES string of the molecule is Cc1cc(Cl)cc(Cc2ccc(C(N)=O)cc2[N+](=O)[O-])c1. The third-order valence-electron chi connectivity index (χ3n) is 3.06. The Balaban J connectivity index is 2.43. The van der Waals surface area contributed by atoms with Gasteiger partial charge in [0.05, 0.1) is 4.92 Å². The average molecular weight is 305 g/mol. The van der Waals surface area contributed by atoms with E-state index in [1.165, 1.54) is 12.1 Å². The van der Waals surface area contributed by atoms with E-state index in [1.54, 1.807) is 12.1 Å². The number of nitro groups is 1. The minimum Gasteiger partial charge on any atom is -0.366 e. The molecule has 5 nitrogen and oxygen atoms in total. The summed E-state index contributed by atoms with van der Waals surface area (Å²) in [5.74, 6) is -0.691. The van der Waals surface area contributed by atoms with Crippen LogP contribution in [-0.2, 0) is 6.42 Å². The van der Waals surface area contributed by atoms with Crippen molar-refractivity contribution in [1.29, 1.82) is 0 Å². The van der Waals surface area contributed by atoms with Crippen molar-refractivity contribution in [3.8, 4) is 0 Å². The molecule has 0 saturated carbocycles. The largest absolute Gasteiger partial charge is 0.366 e. The number of hydrogen-bond donors (Lipinski definition) is 1. The predicted octanol–water partition coefficient (Wildman–Crippen LogP) is 3.25. The first kappa shape index (κ1) is 15.0. The number of benzene rings is 2. The predicted molar refractivity (Wildman–Crippen MR) is 80.6 cm³/mol. The van der Waals surface area contributed by atoms with Gasteiger partial charge in [-0.15, -0.1) is 0 Å². The molecular weight excluding hydrogens is 292 g/mol. The molecule has 2 N–H and O–H groups in total. The Morgan fingerprint density at radius 2 is 2.00 bits per heavy atom. The summed E-state index contributed by atoms with van der Waals surface area (Å²) in [6.45, 7) is 1.90. The second-order valence-corrected chi connectivity index (χ2v) is 5.21. The molecule has 21 heavy (non-hydrogen) atoms. The molecule has 1 amide bonds. The number of halogens is 1. The van der Waals surface area contributed by atoms with Crippen molar-refractivity contribution in [2.45, 2.75) is 13.3 Å². The number of hydrogen-bond acceptors (Lipinski definition) is 3. The highest BCUT2D eigenvalue weighted by atomic mass is 35.5. The molecule has 6 heteroatoms. The quantitative estimate of drug-likeness (QED) is 0.695. The van der Waals surface area contributed by atoms with Crippen LogP contribution in [0.1, 0.15) is 27.0 Å². The Bertz CT molecular complexity index is 709. The van der Waals surface area contributed by atoms with Gasteiger partial charge >= 0.3 is 0 Å². The molecule has 108 valence electrons. The summed E-state index contributed by atoms with van der Waals surface area (Å²) >= 11 is 5.99. The fourth-order valence-corrected chi connectivity index (χ4v) is 2.48. The van der Waals surface area contributed by atoms with Crippen LogP contribution in [0.2, 0.25) is 5.02 Å². The zero-order valence-corrected chi connectivity index (χ0v) is 12.1. The third kappa shape index (κ3) is 3.58. The second kappa shape index (κ2) is 5.93. The summed E-state index contributed by atoms with van der Waals surface area (Å²) in [6.07, 6.45) is 0.358. The van der Waals surface area contributed by atoms with Gasteiger partial charge in [0.1, 0.15) is 0 Å². The number of carbonyl (C=O) groups excluding carboxylic acids is 1. The normalized spacial score (nSPS) is 10.4. The number of primary amides is 1. The van der Waals surface area contributed by atoms with Crippen LogP contribution in [0.15, 0.2) is 36.4 Å². The Kier molecular flexibility index (Phi) is 4.23. The van der Waals surface area contributed by atoms with E-state index in [0.717, 1.165) is 11.1 Å². The van der Waals surface area contributed by atoms with Gasteiger partial charge < -0.3 is 5.73 Å². The van der Waals surface area contributed by atoms with E-state index in [1.807, 2.05) is 19.1 Å². The summed E-state index contributed by atoms with van der Waals surface area (Å²) in [6, 6.07) is 9.74. The summed E-state index contributed by atoms with van der Waals surface area (Å²) in [4.78, 5) is 21.8. The van der Waals surface area contributed by atoms with Crippen LogP contribution in [0, 0.1) is 17.0 Å². The molecule has 2 aromatic rings. The van der Waals surface area contributed by atoms with Crippen molar-refractivity contribution < 1.29 is 9.72 Å². The number of nitrogens with two attached hydrogens (primary N) is 1. The van der Waals surface area contributed by atoms with Gasteiger partial charge in [-0.05, 0) is 36.2 Å². The second-order valence-electron chi connectivity index (χ2n) is 4.78. The molecule has 0 aliphatic heterocycles. The summed E-state index contributed by atoms with van der Waals surface area (Å²) < 4.78 is 0. The van der Waals surface area contributed by atoms with Gasteiger partial charge in [-0.1, -0.05) is 23.7 Å². The van der Waals surface area contributed by atoms with Gasteiger partial charge in [0.15, 0.2) is 0 Å². The highest BCUT2D eigenvalue weighted by Gasteiger charge is 2.17. The average Bonchev–Trinajstić information content (AvgIpc) is 2.37. The zero-order chi connectivity index (χ0) is 15.6. The molecule has 0 unspecified atom stereocenters. The van der Waals surface area contributed by atoms with Crippen molar-refractivity contribution in [2.75, 3.05) is 0 Å². The van der Waals surface area contributed by atoms with Gasteiger partial charge in [0, 0.05) is 28.6 Å².